The fourth-order valence-electron chi connectivity index (χ4n) is 1.97. The Balaban J connectivity index is 2.20. The van der Waals surface area contributed by atoms with E-state index in [1.807, 2.05) is 36.5 Å². The summed E-state index contributed by atoms with van der Waals surface area (Å²) in [6.07, 6.45) is 1.81. The lowest BCUT2D eigenvalue weighted by atomic mass is 10.2. The van der Waals surface area contributed by atoms with Gasteiger partial charge in [0.05, 0.1) is 12.2 Å². The average Bonchev–Trinajstić information content (AvgIpc) is 2.46. The molecule has 2 N–H and O–H groups in total. The van der Waals surface area contributed by atoms with Crippen molar-refractivity contribution < 1.29 is 0 Å². The molecule has 0 radical (unpaired) electrons. The highest BCUT2D eigenvalue weighted by Crippen LogP contribution is 2.24. The highest BCUT2D eigenvalue weighted by atomic mass is 35.5. The number of hydrogen-bond acceptors (Lipinski definition) is 3. The molecule has 2 aromatic rings. The summed E-state index contributed by atoms with van der Waals surface area (Å²) in [5.41, 5.74) is 8.73. The lowest BCUT2D eigenvalue weighted by Gasteiger charge is -2.23. The standard InChI is InChI=1S/C15H18ClN3/c1-2-19(11-13-5-3-4-8-18-13)14-7-6-12(10-17)15(16)9-14/h3-9H,2,10-11,17H2,1H3. The van der Waals surface area contributed by atoms with Crippen molar-refractivity contribution in [2.75, 3.05) is 11.4 Å². The third kappa shape index (κ3) is 3.46. The quantitative estimate of drug-likeness (QED) is 0.911. The van der Waals surface area contributed by atoms with E-state index in [1.165, 1.54) is 0 Å². The third-order valence-electron chi connectivity index (χ3n) is 3.08. The Labute approximate surface area is 119 Å². The molecule has 2 rings (SSSR count). The Morgan fingerprint density at radius 2 is 2.11 bits per heavy atom. The average molecular weight is 276 g/mol. The van der Waals surface area contributed by atoms with Gasteiger partial charge in [0.15, 0.2) is 0 Å². The van der Waals surface area contributed by atoms with Crippen LogP contribution in [0.15, 0.2) is 42.6 Å². The number of pyridine rings is 1. The van der Waals surface area contributed by atoms with Gasteiger partial charge < -0.3 is 10.6 Å². The van der Waals surface area contributed by atoms with E-state index in [4.69, 9.17) is 17.3 Å². The van der Waals surface area contributed by atoms with Crippen molar-refractivity contribution >= 4 is 17.3 Å². The Kier molecular flexibility index (Phi) is 4.77. The zero-order valence-electron chi connectivity index (χ0n) is 11.0. The molecule has 0 saturated heterocycles. The Morgan fingerprint density at radius 3 is 2.68 bits per heavy atom. The molecular weight excluding hydrogens is 258 g/mol. The second kappa shape index (κ2) is 6.55. The van der Waals surface area contributed by atoms with E-state index in [0.29, 0.717) is 6.54 Å². The first-order chi connectivity index (χ1) is 9.24. The van der Waals surface area contributed by atoms with E-state index in [-0.39, 0.29) is 0 Å². The Morgan fingerprint density at radius 1 is 1.26 bits per heavy atom. The molecule has 0 spiro atoms. The van der Waals surface area contributed by atoms with Crippen molar-refractivity contribution in [1.82, 2.24) is 4.98 Å². The van der Waals surface area contributed by atoms with Gasteiger partial charge >= 0.3 is 0 Å². The van der Waals surface area contributed by atoms with Crippen LogP contribution < -0.4 is 10.6 Å². The second-order valence-electron chi connectivity index (χ2n) is 4.32. The maximum absolute atomic E-state index is 6.21. The van der Waals surface area contributed by atoms with Gasteiger partial charge in [0, 0.05) is 30.0 Å². The van der Waals surface area contributed by atoms with Gasteiger partial charge in [-0.2, -0.15) is 0 Å². The van der Waals surface area contributed by atoms with E-state index in [9.17, 15) is 0 Å². The fourth-order valence-corrected chi connectivity index (χ4v) is 2.22. The number of rotatable bonds is 5. The number of benzene rings is 1. The van der Waals surface area contributed by atoms with Crippen LogP contribution in [0.5, 0.6) is 0 Å². The van der Waals surface area contributed by atoms with Crippen molar-refractivity contribution in [3.63, 3.8) is 0 Å². The normalized spacial score (nSPS) is 10.5. The molecule has 0 aliphatic rings. The van der Waals surface area contributed by atoms with E-state index in [1.54, 1.807) is 0 Å². The van der Waals surface area contributed by atoms with Crippen LogP contribution in [-0.4, -0.2) is 11.5 Å². The summed E-state index contributed by atoms with van der Waals surface area (Å²) in [5.74, 6) is 0. The lowest BCUT2D eigenvalue weighted by molar-refractivity contribution is 0.809. The van der Waals surface area contributed by atoms with E-state index in [2.05, 4.69) is 22.9 Å². The largest absolute Gasteiger partial charge is 0.366 e. The second-order valence-corrected chi connectivity index (χ2v) is 4.72. The molecule has 0 amide bonds. The zero-order valence-corrected chi connectivity index (χ0v) is 11.8. The van der Waals surface area contributed by atoms with Crippen LogP contribution >= 0.6 is 11.6 Å². The van der Waals surface area contributed by atoms with Crippen LogP contribution in [0.1, 0.15) is 18.2 Å². The van der Waals surface area contributed by atoms with Crippen LogP contribution in [0, 0.1) is 0 Å². The SMILES string of the molecule is CCN(Cc1ccccn1)c1ccc(CN)c(Cl)c1. The molecule has 1 aromatic carbocycles. The Hall–Kier alpha value is -1.58. The van der Waals surface area contributed by atoms with Gasteiger partial charge in [-0.25, -0.2) is 0 Å². The molecule has 0 bridgehead atoms. The molecule has 1 aromatic heterocycles. The predicted octanol–water partition coefficient (Wildman–Crippen LogP) is 3.22. The molecule has 0 unspecified atom stereocenters. The summed E-state index contributed by atoms with van der Waals surface area (Å²) < 4.78 is 0. The maximum atomic E-state index is 6.21. The molecule has 4 heteroatoms. The number of halogens is 1. The first kappa shape index (κ1) is 13.8. The van der Waals surface area contributed by atoms with Gasteiger partial charge in [-0.1, -0.05) is 23.7 Å². The first-order valence-electron chi connectivity index (χ1n) is 6.38. The molecule has 0 fully saturated rings. The molecule has 0 aliphatic heterocycles. The number of nitrogens with two attached hydrogens (primary N) is 1. The molecule has 0 saturated carbocycles. The molecule has 19 heavy (non-hydrogen) atoms. The summed E-state index contributed by atoms with van der Waals surface area (Å²) in [6, 6.07) is 12.0. The zero-order chi connectivity index (χ0) is 13.7. The van der Waals surface area contributed by atoms with Gasteiger partial charge in [0.2, 0.25) is 0 Å². The molecule has 3 nitrogen and oxygen atoms in total. The van der Waals surface area contributed by atoms with Crippen molar-refractivity contribution in [3.8, 4) is 0 Å². The van der Waals surface area contributed by atoms with Crippen LogP contribution in [0.2, 0.25) is 5.02 Å². The van der Waals surface area contributed by atoms with Crippen LogP contribution in [0.3, 0.4) is 0 Å². The smallest absolute Gasteiger partial charge is 0.0601 e. The van der Waals surface area contributed by atoms with Gasteiger partial charge in [0.25, 0.3) is 0 Å². The Bertz CT molecular complexity index is 528. The third-order valence-corrected chi connectivity index (χ3v) is 3.43. The van der Waals surface area contributed by atoms with E-state index in [0.717, 1.165) is 35.1 Å². The van der Waals surface area contributed by atoms with Crippen LogP contribution in [0.25, 0.3) is 0 Å². The topological polar surface area (TPSA) is 42.2 Å². The maximum Gasteiger partial charge on any atom is 0.0601 e. The summed E-state index contributed by atoms with van der Waals surface area (Å²) in [5, 5.41) is 0.722. The van der Waals surface area contributed by atoms with Gasteiger partial charge in [0.1, 0.15) is 0 Å². The molecule has 0 atom stereocenters. The first-order valence-corrected chi connectivity index (χ1v) is 6.75. The molecular formula is C15H18ClN3. The number of nitrogens with zero attached hydrogens (tertiary/aromatic N) is 2. The van der Waals surface area contributed by atoms with Gasteiger partial charge in [-0.3, -0.25) is 4.98 Å². The monoisotopic (exact) mass is 275 g/mol. The predicted molar refractivity (Wildman–Crippen MR) is 80.3 cm³/mol. The lowest BCUT2D eigenvalue weighted by Crippen LogP contribution is -2.22. The van der Waals surface area contributed by atoms with Gasteiger partial charge in [-0.15, -0.1) is 0 Å². The summed E-state index contributed by atoms with van der Waals surface area (Å²) in [6.45, 7) is 4.25. The number of hydrogen-bond donors (Lipinski definition) is 1. The fraction of sp³-hybridized carbons (Fsp3) is 0.267. The molecule has 100 valence electrons. The van der Waals surface area contributed by atoms with E-state index < -0.39 is 0 Å². The van der Waals surface area contributed by atoms with Crippen molar-refractivity contribution in [2.45, 2.75) is 20.0 Å². The highest BCUT2D eigenvalue weighted by Gasteiger charge is 2.08. The van der Waals surface area contributed by atoms with Crippen molar-refractivity contribution in [3.05, 3.63) is 58.9 Å². The summed E-state index contributed by atoms with van der Waals surface area (Å²) in [7, 11) is 0. The number of anilines is 1. The van der Waals surface area contributed by atoms with Crippen LogP contribution in [0.4, 0.5) is 5.69 Å². The minimum Gasteiger partial charge on any atom is -0.366 e. The van der Waals surface area contributed by atoms with E-state index >= 15 is 0 Å². The van der Waals surface area contributed by atoms with Crippen molar-refractivity contribution in [2.24, 2.45) is 5.73 Å². The minimum atomic E-state index is 0.464. The number of aromatic nitrogens is 1. The molecule has 1 heterocycles. The van der Waals surface area contributed by atoms with Crippen molar-refractivity contribution in [1.29, 1.82) is 0 Å². The van der Waals surface area contributed by atoms with Gasteiger partial charge in [-0.05, 0) is 36.8 Å². The highest BCUT2D eigenvalue weighted by molar-refractivity contribution is 6.31. The molecule has 0 aliphatic carbocycles. The van der Waals surface area contributed by atoms with Crippen LogP contribution in [-0.2, 0) is 13.1 Å². The summed E-state index contributed by atoms with van der Waals surface area (Å²) >= 11 is 6.21. The summed E-state index contributed by atoms with van der Waals surface area (Å²) in [4.78, 5) is 6.58. The minimum absolute atomic E-state index is 0.464.